The van der Waals surface area contributed by atoms with Crippen molar-refractivity contribution in [1.29, 1.82) is 0 Å². The van der Waals surface area contributed by atoms with Gasteiger partial charge in [-0.25, -0.2) is 0 Å². The number of anilines is 1. The van der Waals surface area contributed by atoms with Crippen molar-refractivity contribution in [3.63, 3.8) is 0 Å². The van der Waals surface area contributed by atoms with E-state index in [0.717, 1.165) is 28.4 Å². The van der Waals surface area contributed by atoms with Crippen molar-refractivity contribution in [3.8, 4) is 11.4 Å². The molecule has 0 unspecified atom stereocenters. The summed E-state index contributed by atoms with van der Waals surface area (Å²) >= 11 is 7.31. The van der Waals surface area contributed by atoms with Gasteiger partial charge in [0.15, 0.2) is 11.0 Å². The largest absolute Gasteiger partial charge is 0.467 e. The zero-order valence-corrected chi connectivity index (χ0v) is 17.8. The molecule has 1 N–H and O–H groups in total. The van der Waals surface area contributed by atoms with Crippen LogP contribution in [0.15, 0.2) is 76.5 Å². The highest BCUT2D eigenvalue weighted by molar-refractivity contribution is 7.99. The molecule has 2 aromatic carbocycles. The number of amides is 1. The number of nitrogens with zero attached hydrogens (tertiary/aromatic N) is 3. The second-order valence-electron chi connectivity index (χ2n) is 6.63. The van der Waals surface area contributed by atoms with Gasteiger partial charge >= 0.3 is 0 Å². The summed E-state index contributed by atoms with van der Waals surface area (Å²) in [5.74, 6) is 1.59. The van der Waals surface area contributed by atoms with Crippen LogP contribution in [-0.4, -0.2) is 26.4 Å². The van der Waals surface area contributed by atoms with Crippen LogP contribution in [0.2, 0.25) is 5.02 Å². The first-order valence-electron chi connectivity index (χ1n) is 9.30. The number of benzene rings is 2. The average molecular weight is 439 g/mol. The van der Waals surface area contributed by atoms with E-state index >= 15 is 0 Å². The van der Waals surface area contributed by atoms with Gasteiger partial charge in [-0.2, -0.15) is 0 Å². The van der Waals surface area contributed by atoms with E-state index in [2.05, 4.69) is 15.5 Å². The van der Waals surface area contributed by atoms with Crippen LogP contribution in [0.5, 0.6) is 0 Å². The lowest BCUT2D eigenvalue weighted by atomic mass is 10.2. The zero-order valence-electron chi connectivity index (χ0n) is 16.2. The molecule has 4 aromatic rings. The van der Waals surface area contributed by atoms with E-state index in [9.17, 15) is 4.79 Å². The Morgan fingerprint density at radius 2 is 1.97 bits per heavy atom. The van der Waals surface area contributed by atoms with Gasteiger partial charge < -0.3 is 9.73 Å². The van der Waals surface area contributed by atoms with Crippen LogP contribution in [0, 0.1) is 6.92 Å². The van der Waals surface area contributed by atoms with Crippen LogP contribution >= 0.6 is 23.4 Å². The lowest BCUT2D eigenvalue weighted by Crippen LogP contribution is -2.15. The summed E-state index contributed by atoms with van der Waals surface area (Å²) in [6.07, 6.45) is 1.64. The molecule has 8 heteroatoms. The summed E-state index contributed by atoms with van der Waals surface area (Å²) < 4.78 is 7.46. The van der Waals surface area contributed by atoms with Gasteiger partial charge in [0.2, 0.25) is 5.91 Å². The van der Waals surface area contributed by atoms with Crippen LogP contribution in [0.3, 0.4) is 0 Å². The molecule has 0 aliphatic heterocycles. The average Bonchev–Trinajstić information content (AvgIpc) is 3.40. The summed E-state index contributed by atoms with van der Waals surface area (Å²) in [7, 11) is 0. The Morgan fingerprint density at radius 3 is 2.70 bits per heavy atom. The summed E-state index contributed by atoms with van der Waals surface area (Å²) in [5, 5.41) is 12.9. The zero-order chi connectivity index (χ0) is 20.9. The standard InChI is InChI=1S/C22H19ClN4O2S/c1-15-12-17(23)9-10-19(15)24-20(28)14-30-22-26-25-21(16-6-3-2-4-7-16)27(22)13-18-8-5-11-29-18/h2-12H,13-14H2,1H3,(H,24,28). The molecular formula is C22H19ClN4O2S. The number of hydrogen-bond donors (Lipinski definition) is 1. The van der Waals surface area contributed by atoms with E-state index in [1.54, 1.807) is 18.4 Å². The number of hydrogen-bond acceptors (Lipinski definition) is 5. The van der Waals surface area contributed by atoms with Gasteiger partial charge in [0.1, 0.15) is 5.76 Å². The van der Waals surface area contributed by atoms with Crippen LogP contribution in [0.1, 0.15) is 11.3 Å². The highest BCUT2D eigenvalue weighted by atomic mass is 35.5. The Hall–Kier alpha value is -3.03. The van der Waals surface area contributed by atoms with Crippen molar-refractivity contribution >= 4 is 35.0 Å². The van der Waals surface area contributed by atoms with Crippen LogP contribution in [0.25, 0.3) is 11.4 Å². The third-order valence-electron chi connectivity index (χ3n) is 4.44. The molecule has 0 aliphatic carbocycles. The van der Waals surface area contributed by atoms with Crippen molar-refractivity contribution < 1.29 is 9.21 Å². The maximum absolute atomic E-state index is 12.5. The first-order valence-corrected chi connectivity index (χ1v) is 10.7. The van der Waals surface area contributed by atoms with Gasteiger partial charge in [-0.3, -0.25) is 9.36 Å². The first kappa shape index (κ1) is 20.3. The fourth-order valence-electron chi connectivity index (χ4n) is 2.98. The van der Waals surface area contributed by atoms with Crippen molar-refractivity contribution in [2.75, 3.05) is 11.1 Å². The number of carbonyl (C=O) groups excluding carboxylic acids is 1. The first-order chi connectivity index (χ1) is 14.6. The van der Waals surface area contributed by atoms with Gasteiger partial charge in [0.05, 0.1) is 18.6 Å². The SMILES string of the molecule is Cc1cc(Cl)ccc1NC(=O)CSc1nnc(-c2ccccc2)n1Cc1ccco1. The van der Waals surface area contributed by atoms with Crippen molar-refractivity contribution in [2.24, 2.45) is 0 Å². The van der Waals surface area contributed by atoms with E-state index in [4.69, 9.17) is 16.0 Å². The molecule has 0 aliphatic rings. The number of aromatic nitrogens is 3. The van der Waals surface area contributed by atoms with Gasteiger partial charge in [-0.15, -0.1) is 10.2 Å². The molecule has 30 heavy (non-hydrogen) atoms. The minimum absolute atomic E-state index is 0.126. The Bertz CT molecular complexity index is 1140. The molecule has 152 valence electrons. The molecular weight excluding hydrogens is 420 g/mol. The molecule has 0 saturated heterocycles. The number of halogens is 1. The normalized spacial score (nSPS) is 10.9. The predicted octanol–water partition coefficient (Wildman–Crippen LogP) is 5.28. The molecule has 0 bridgehead atoms. The molecule has 0 atom stereocenters. The molecule has 2 heterocycles. The quantitative estimate of drug-likeness (QED) is 0.397. The van der Waals surface area contributed by atoms with Crippen LogP contribution < -0.4 is 5.32 Å². The number of aryl methyl sites for hydroxylation is 1. The Kier molecular flexibility index (Phi) is 6.21. The highest BCUT2D eigenvalue weighted by Gasteiger charge is 2.17. The molecule has 0 spiro atoms. The topological polar surface area (TPSA) is 73.0 Å². The fraction of sp³-hybridized carbons (Fsp3) is 0.136. The smallest absolute Gasteiger partial charge is 0.234 e. The molecule has 0 saturated carbocycles. The van der Waals surface area contributed by atoms with E-state index in [0.29, 0.717) is 16.7 Å². The van der Waals surface area contributed by atoms with E-state index in [-0.39, 0.29) is 11.7 Å². The summed E-state index contributed by atoms with van der Waals surface area (Å²) in [4.78, 5) is 12.5. The summed E-state index contributed by atoms with van der Waals surface area (Å²) in [5.41, 5.74) is 2.60. The minimum atomic E-state index is -0.126. The van der Waals surface area contributed by atoms with Gasteiger partial charge in [0.25, 0.3) is 0 Å². The molecule has 1 amide bonds. The summed E-state index contributed by atoms with van der Waals surface area (Å²) in [6.45, 7) is 2.38. The molecule has 0 radical (unpaired) electrons. The molecule has 6 nitrogen and oxygen atoms in total. The molecule has 4 rings (SSSR count). The lowest BCUT2D eigenvalue weighted by molar-refractivity contribution is -0.113. The highest BCUT2D eigenvalue weighted by Crippen LogP contribution is 2.26. The second-order valence-corrected chi connectivity index (χ2v) is 8.01. The second kappa shape index (κ2) is 9.19. The monoisotopic (exact) mass is 438 g/mol. The Labute approximate surface area is 183 Å². The molecule has 2 aromatic heterocycles. The van der Waals surface area contributed by atoms with Gasteiger partial charge in [-0.1, -0.05) is 53.7 Å². The van der Waals surface area contributed by atoms with Crippen LogP contribution in [0.4, 0.5) is 5.69 Å². The maximum atomic E-state index is 12.5. The minimum Gasteiger partial charge on any atom is -0.467 e. The van der Waals surface area contributed by atoms with Gasteiger partial charge in [-0.05, 0) is 42.8 Å². The van der Waals surface area contributed by atoms with Crippen molar-refractivity contribution in [3.05, 3.63) is 83.3 Å². The number of rotatable bonds is 7. The van der Waals surface area contributed by atoms with Crippen molar-refractivity contribution in [1.82, 2.24) is 14.8 Å². The number of furan rings is 1. The third kappa shape index (κ3) is 4.75. The fourth-order valence-corrected chi connectivity index (χ4v) is 3.95. The van der Waals surface area contributed by atoms with Crippen LogP contribution in [-0.2, 0) is 11.3 Å². The number of thioether (sulfide) groups is 1. The maximum Gasteiger partial charge on any atom is 0.234 e. The Balaban J connectivity index is 1.52. The number of nitrogens with one attached hydrogen (secondary N) is 1. The molecule has 0 fully saturated rings. The van der Waals surface area contributed by atoms with E-state index in [1.165, 1.54) is 11.8 Å². The predicted molar refractivity (Wildman–Crippen MR) is 119 cm³/mol. The van der Waals surface area contributed by atoms with Gasteiger partial charge in [0, 0.05) is 16.3 Å². The summed E-state index contributed by atoms with van der Waals surface area (Å²) in [6, 6.07) is 18.9. The lowest BCUT2D eigenvalue weighted by Gasteiger charge is -2.10. The van der Waals surface area contributed by atoms with E-state index < -0.39 is 0 Å². The Morgan fingerprint density at radius 1 is 1.13 bits per heavy atom. The van der Waals surface area contributed by atoms with E-state index in [1.807, 2.05) is 60.0 Å². The van der Waals surface area contributed by atoms with Crippen molar-refractivity contribution in [2.45, 2.75) is 18.6 Å². The number of carbonyl (C=O) groups is 1. The third-order valence-corrected chi connectivity index (χ3v) is 5.64.